The van der Waals surface area contributed by atoms with E-state index >= 15 is 0 Å². The molecule has 118 valence electrons. The number of hydrogen-bond acceptors (Lipinski definition) is 3. The summed E-state index contributed by atoms with van der Waals surface area (Å²) in [4.78, 5) is 2.47. The Hall–Kier alpha value is -0.610. The van der Waals surface area contributed by atoms with Gasteiger partial charge in [0.05, 0.1) is 6.10 Å². The first-order valence-corrected chi connectivity index (χ1v) is 8.36. The topological polar surface area (TPSA) is 38.5 Å². The molecular weight excluding hydrogens is 284 g/mol. The lowest BCUT2D eigenvalue weighted by Gasteiger charge is -2.40. The van der Waals surface area contributed by atoms with Crippen molar-refractivity contribution < 1.29 is 4.74 Å². The molecule has 1 aliphatic rings. The molecule has 1 saturated heterocycles. The van der Waals surface area contributed by atoms with Gasteiger partial charge in [0.2, 0.25) is 0 Å². The average Bonchev–Trinajstić information content (AvgIpc) is 2.47. The molecule has 0 spiro atoms. The zero-order valence-corrected chi connectivity index (χ0v) is 13.9. The van der Waals surface area contributed by atoms with E-state index in [-0.39, 0.29) is 12.1 Å². The molecule has 1 aromatic rings. The molecule has 1 aliphatic heterocycles. The van der Waals surface area contributed by atoms with Gasteiger partial charge in [-0.2, -0.15) is 0 Å². The molecule has 0 amide bonds. The van der Waals surface area contributed by atoms with Gasteiger partial charge in [-0.3, -0.25) is 4.90 Å². The van der Waals surface area contributed by atoms with Gasteiger partial charge in [-0.05, 0) is 50.4 Å². The second-order valence-electron chi connectivity index (χ2n) is 5.99. The highest BCUT2D eigenvalue weighted by molar-refractivity contribution is 6.30. The number of hydrogen-bond donors (Lipinski definition) is 1. The predicted molar refractivity (Wildman–Crippen MR) is 88.7 cm³/mol. The molecule has 2 rings (SSSR count). The van der Waals surface area contributed by atoms with Crippen molar-refractivity contribution in [2.24, 2.45) is 5.73 Å². The van der Waals surface area contributed by atoms with E-state index < -0.39 is 0 Å². The lowest BCUT2D eigenvalue weighted by molar-refractivity contribution is -0.0155. The lowest BCUT2D eigenvalue weighted by Crippen LogP contribution is -2.47. The normalized spacial score (nSPS) is 23.0. The average molecular weight is 311 g/mol. The number of nitrogens with zero attached hydrogens (tertiary/aromatic N) is 1. The number of likely N-dealkylation sites (tertiary alicyclic amines) is 1. The Morgan fingerprint density at radius 2 is 2.10 bits per heavy atom. The van der Waals surface area contributed by atoms with Crippen LogP contribution in [0.4, 0.5) is 0 Å². The third-order valence-electron chi connectivity index (χ3n) is 4.07. The first-order chi connectivity index (χ1) is 10.1. The maximum atomic E-state index is 6.27. The largest absolute Gasteiger partial charge is 0.377 e. The highest BCUT2D eigenvalue weighted by Gasteiger charge is 2.29. The van der Waals surface area contributed by atoms with E-state index in [1.165, 1.54) is 12.0 Å². The van der Waals surface area contributed by atoms with Crippen LogP contribution in [0.15, 0.2) is 24.3 Å². The second kappa shape index (κ2) is 8.14. The van der Waals surface area contributed by atoms with E-state index in [1.54, 1.807) is 0 Å². The molecule has 0 saturated carbocycles. The summed E-state index contributed by atoms with van der Waals surface area (Å²) in [5, 5.41) is 0.768. The fraction of sp³-hybridized carbons (Fsp3) is 0.647. The second-order valence-corrected chi connectivity index (χ2v) is 6.42. The van der Waals surface area contributed by atoms with Crippen molar-refractivity contribution >= 4 is 11.6 Å². The quantitative estimate of drug-likeness (QED) is 0.872. The van der Waals surface area contributed by atoms with Gasteiger partial charge < -0.3 is 10.5 Å². The molecular formula is C17H27ClN2O. The molecule has 1 aromatic carbocycles. The van der Waals surface area contributed by atoms with Gasteiger partial charge in [0.15, 0.2) is 0 Å². The van der Waals surface area contributed by atoms with Crippen LogP contribution in [0.2, 0.25) is 5.02 Å². The molecule has 3 nitrogen and oxygen atoms in total. The minimum Gasteiger partial charge on any atom is -0.377 e. The van der Waals surface area contributed by atoms with Crippen molar-refractivity contribution in [2.45, 2.75) is 51.3 Å². The van der Waals surface area contributed by atoms with Crippen LogP contribution in [-0.4, -0.2) is 36.7 Å². The Balaban J connectivity index is 2.08. The Labute approximate surface area is 133 Å². The van der Waals surface area contributed by atoms with Gasteiger partial charge in [0, 0.05) is 30.3 Å². The van der Waals surface area contributed by atoms with Crippen molar-refractivity contribution in [3.63, 3.8) is 0 Å². The summed E-state index contributed by atoms with van der Waals surface area (Å²) >= 11 is 6.00. The SMILES string of the molecule is CCCOC1CCCN(C(c2ccc(Cl)cc2)C(C)N)C1. The summed E-state index contributed by atoms with van der Waals surface area (Å²) in [5.74, 6) is 0. The number of ether oxygens (including phenoxy) is 1. The summed E-state index contributed by atoms with van der Waals surface area (Å²) in [5.41, 5.74) is 7.51. The smallest absolute Gasteiger partial charge is 0.0702 e. The highest BCUT2D eigenvalue weighted by Crippen LogP contribution is 2.28. The van der Waals surface area contributed by atoms with E-state index in [2.05, 4.69) is 30.9 Å². The van der Waals surface area contributed by atoms with Gasteiger partial charge in [-0.15, -0.1) is 0 Å². The summed E-state index contributed by atoms with van der Waals surface area (Å²) in [6.07, 6.45) is 3.74. The zero-order valence-electron chi connectivity index (χ0n) is 13.1. The van der Waals surface area contributed by atoms with Gasteiger partial charge in [0.1, 0.15) is 0 Å². The maximum absolute atomic E-state index is 6.27. The van der Waals surface area contributed by atoms with E-state index in [9.17, 15) is 0 Å². The van der Waals surface area contributed by atoms with Crippen molar-refractivity contribution in [2.75, 3.05) is 19.7 Å². The fourth-order valence-electron chi connectivity index (χ4n) is 3.15. The van der Waals surface area contributed by atoms with Crippen molar-refractivity contribution in [3.05, 3.63) is 34.9 Å². The summed E-state index contributed by atoms with van der Waals surface area (Å²) < 4.78 is 5.94. The Morgan fingerprint density at radius 1 is 1.38 bits per heavy atom. The van der Waals surface area contributed by atoms with Gasteiger partial charge in [-0.25, -0.2) is 0 Å². The van der Waals surface area contributed by atoms with Crippen LogP contribution in [0.25, 0.3) is 0 Å². The Bertz CT molecular complexity index is 421. The monoisotopic (exact) mass is 310 g/mol. The molecule has 0 aromatic heterocycles. The minimum atomic E-state index is 0.0797. The highest BCUT2D eigenvalue weighted by atomic mass is 35.5. The first kappa shape index (κ1) is 16.8. The number of halogens is 1. The standard InChI is InChI=1S/C17H27ClN2O/c1-3-11-21-16-5-4-10-20(12-16)17(13(2)19)14-6-8-15(18)9-7-14/h6-9,13,16-17H,3-5,10-12,19H2,1-2H3. The molecule has 1 fully saturated rings. The summed E-state index contributed by atoms with van der Waals surface area (Å²) in [6, 6.07) is 8.38. The third-order valence-corrected chi connectivity index (χ3v) is 4.32. The number of benzene rings is 1. The summed E-state index contributed by atoms with van der Waals surface area (Å²) in [6.45, 7) is 7.13. The third kappa shape index (κ3) is 4.68. The van der Waals surface area contributed by atoms with Crippen molar-refractivity contribution in [3.8, 4) is 0 Å². The van der Waals surface area contributed by atoms with E-state index in [0.717, 1.165) is 37.6 Å². The van der Waals surface area contributed by atoms with Crippen LogP contribution >= 0.6 is 11.6 Å². The first-order valence-electron chi connectivity index (χ1n) is 7.98. The van der Waals surface area contributed by atoms with Gasteiger partial charge >= 0.3 is 0 Å². The number of piperidine rings is 1. The van der Waals surface area contributed by atoms with Crippen molar-refractivity contribution in [1.29, 1.82) is 0 Å². The maximum Gasteiger partial charge on any atom is 0.0702 e. The van der Waals surface area contributed by atoms with Crippen LogP contribution in [0.1, 0.15) is 44.7 Å². The van der Waals surface area contributed by atoms with Gasteiger partial charge in [0.25, 0.3) is 0 Å². The molecule has 4 heteroatoms. The lowest BCUT2D eigenvalue weighted by atomic mass is 9.96. The van der Waals surface area contributed by atoms with E-state index in [1.807, 2.05) is 12.1 Å². The van der Waals surface area contributed by atoms with Crippen LogP contribution < -0.4 is 5.73 Å². The minimum absolute atomic E-state index is 0.0797. The fourth-order valence-corrected chi connectivity index (χ4v) is 3.27. The molecule has 0 aliphatic carbocycles. The number of nitrogens with two attached hydrogens (primary N) is 1. The van der Waals surface area contributed by atoms with Crippen LogP contribution in [-0.2, 0) is 4.74 Å². The van der Waals surface area contributed by atoms with Crippen LogP contribution in [0.3, 0.4) is 0 Å². The van der Waals surface area contributed by atoms with E-state index in [4.69, 9.17) is 22.1 Å². The van der Waals surface area contributed by atoms with E-state index in [0.29, 0.717) is 6.10 Å². The Morgan fingerprint density at radius 3 is 2.71 bits per heavy atom. The van der Waals surface area contributed by atoms with Crippen LogP contribution in [0.5, 0.6) is 0 Å². The molecule has 1 heterocycles. The van der Waals surface area contributed by atoms with Crippen LogP contribution in [0, 0.1) is 0 Å². The molecule has 21 heavy (non-hydrogen) atoms. The molecule has 0 bridgehead atoms. The molecule has 3 unspecified atom stereocenters. The molecule has 2 N–H and O–H groups in total. The number of rotatable bonds is 6. The van der Waals surface area contributed by atoms with Crippen molar-refractivity contribution in [1.82, 2.24) is 4.90 Å². The summed E-state index contributed by atoms with van der Waals surface area (Å²) in [7, 11) is 0. The van der Waals surface area contributed by atoms with Gasteiger partial charge in [-0.1, -0.05) is 30.7 Å². The predicted octanol–water partition coefficient (Wildman–Crippen LogP) is 3.62. The molecule has 0 radical (unpaired) electrons. The molecule has 3 atom stereocenters. The Kier molecular flexibility index (Phi) is 6.49. The zero-order chi connectivity index (χ0) is 15.2.